The second-order valence-electron chi connectivity index (χ2n) is 4.99. The maximum atomic E-state index is 12.0. The average molecular weight is 283 g/mol. The fourth-order valence-corrected chi connectivity index (χ4v) is 2.28. The van der Waals surface area contributed by atoms with E-state index in [0.717, 1.165) is 19.5 Å². The maximum absolute atomic E-state index is 12.0. The second-order valence-corrected chi connectivity index (χ2v) is 5.40. The molecule has 0 radical (unpaired) electrons. The van der Waals surface area contributed by atoms with Gasteiger partial charge in [-0.2, -0.15) is 0 Å². The lowest BCUT2D eigenvalue weighted by atomic mass is 10.1. The number of benzene rings is 1. The molecule has 1 aromatic rings. The lowest BCUT2D eigenvalue weighted by molar-refractivity contribution is -0.119. The number of nitrogens with one attached hydrogen (secondary N) is 2. The van der Waals surface area contributed by atoms with Gasteiger partial charge in [0.1, 0.15) is 5.75 Å². The molecule has 5 heteroatoms. The van der Waals surface area contributed by atoms with Crippen LogP contribution >= 0.6 is 11.6 Å². The van der Waals surface area contributed by atoms with Gasteiger partial charge >= 0.3 is 0 Å². The van der Waals surface area contributed by atoms with Crippen molar-refractivity contribution in [1.29, 1.82) is 0 Å². The van der Waals surface area contributed by atoms with E-state index in [1.807, 2.05) is 19.9 Å². The van der Waals surface area contributed by atoms with Crippen molar-refractivity contribution in [3.63, 3.8) is 0 Å². The Labute approximate surface area is 118 Å². The van der Waals surface area contributed by atoms with Crippen LogP contribution in [0.15, 0.2) is 18.2 Å². The molecule has 0 bridgehead atoms. The lowest BCUT2D eigenvalue weighted by Gasteiger charge is -2.14. The summed E-state index contributed by atoms with van der Waals surface area (Å²) in [7, 11) is 0. The minimum absolute atomic E-state index is 0.0404. The van der Waals surface area contributed by atoms with Gasteiger partial charge in [-0.05, 0) is 45.0 Å². The van der Waals surface area contributed by atoms with Crippen LogP contribution in [0.25, 0.3) is 0 Å². The van der Waals surface area contributed by atoms with Gasteiger partial charge in [-0.15, -0.1) is 0 Å². The topological polar surface area (TPSA) is 50.4 Å². The Morgan fingerprint density at radius 2 is 2.32 bits per heavy atom. The highest BCUT2D eigenvalue weighted by Crippen LogP contribution is 2.28. The molecule has 1 fully saturated rings. The number of ether oxygens (including phenoxy) is 1. The van der Waals surface area contributed by atoms with Crippen LogP contribution in [0.5, 0.6) is 5.75 Å². The number of rotatable bonds is 4. The highest BCUT2D eigenvalue weighted by molar-refractivity contribution is 6.32. The summed E-state index contributed by atoms with van der Waals surface area (Å²) < 4.78 is 5.55. The molecule has 19 heavy (non-hydrogen) atoms. The molecule has 1 heterocycles. The van der Waals surface area contributed by atoms with Crippen LogP contribution in [-0.2, 0) is 4.79 Å². The quantitative estimate of drug-likeness (QED) is 0.893. The van der Waals surface area contributed by atoms with Gasteiger partial charge < -0.3 is 15.4 Å². The van der Waals surface area contributed by atoms with Gasteiger partial charge in [0.05, 0.1) is 17.0 Å². The molecular formula is C14H19ClN2O2. The third-order valence-corrected chi connectivity index (χ3v) is 3.29. The fourth-order valence-electron chi connectivity index (χ4n) is 2.05. The molecule has 104 valence electrons. The minimum atomic E-state index is 0.0404. The minimum Gasteiger partial charge on any atom is -0.489 e. The van der Waals surface area contributed by atoms with E-state index in [2.05, 4.69) is 10.6 Å². The third kappa shape index (κ3) is 3.85. The number of carbonyl (C=O) groups excluding carboxylic acids is 1. The van der Waals surface area contributed by atoms with Crippen molar-refractivity contribution in [2.45, 2.75) is 26.4 Å². The van der Waals surface area contributed by atoms with Gasteiger partial charge in [-0.1, -0.05) is 11.6 Å². The van der Waals surface area contributed by atoms with E-state index in [1.165, 1.54) is 0 Å². The number of halogens is 1. The molecule has 1 amide bonds. The maximum Gasteiger partial charge on any atom is 0.228 e. The highest BCUT2D eigenvalue weighted by atomic mass is 35.5. The molecule has 1 aliphatic heterocycles. The Hall–Kier alpha value is -1.26. The summed E-state index contributed by atoms with van der Waals surface area (Å²) in [5, 5.41) is 6.57. The molecule has 2 rings (SSSR count). The monoisotopic (exact) mass is 282 g/mol. The summed E-state index contributed by atoms with van der Waals surface area (Å²) in [6.07, 6.45) is 0.955. The zero-order valence-corrected chi connectivity index (χ0v) is 12.0. The molecule has 0 aromatic heterocycles. The second kappa shape index (κ2) is 6.26. The SMILES string of the molecule is CC(C)Oc1ccc(NC(=O)C2CCNC2)cc1Cl. The van der Waals surface area contributed by atoms with Crippen molar-refractivity contribution >= 4 is 23.2 Å². The van der Waals surface area contributed by atoms with Crippen molar-refractivity contribution in [3.05, 3.63) is 23.2 Å². The average Bonchev–Trinajstić information content (AvgIpc) is 2.86. The molecule has 2 N–H and O–H groups in total. The first-order valence-corrected chi connectivity index (χ1v) is 6.92. The predicted molar refractivity (Wildman–Crippen MR) is 76.8 cm³/mol. The molecule has 4 nitrogen and oxygen atoms in total. The van der Waals surface area contributed by atoms with E-state index in [1.54, 1.807) is 12.1 Å². The smallest absolute Gasteiger partial charge is 0.228 e. The molecule has 0 aliphatic carbocycles. The summed E-state index contributed by atoms with van der Waals surface area (Å²) >= 11 is 6.13. The molecule has 0 spiro atoms. The van der Waals surface area contributed by atoms with E-state index in [4.69, 9.17) is 16.3 Å². The first-order valence-electron chi connectivity index (χ1n) is 6.54. The van der Waals surface area contributed by atoms with Crippen LogP contribution in [0.4, 0.5) is 5.69 Å². The summed E-state index contributed by atoms with van der Waals surface area (Å²) in [6, 6.07) is 5.31. The van der Waals surface area contributed by atoms with E-state index >= 15 is 0 Å². The number of anilines is 1. The highest BCUT2D eigenvalue weighted by Gasteiger charge is 2.22. The van der Waals surface area contributed by atoms with Crippen LogP contribution in [0.2, 0.25) is 5.02 Å². The van der Waals surface area contributed by atoms with Gasteiger partial charge in [-0.25, -0.2) is 0 Å². The van der Waals surface area contributed by atoms with Crippen LogP contribution in [-0.4, -0.2) is 25.1 Å². The molecule has 1 aromatic carbocycles. The Balaban J connectivity index is 2.01. The van der Waals surface area contributed by atoms with E-state index in [-0.39, 0.29) is 17.9 Å². The molecular weight excluding hydrogens is 264 g/mol. The van der Waals surface area contributed by atoms with Crippen LogP contribution in [0.1, 0.15) is 20.3 Å². The fraction of sp³-hybridized carbons (Fsp3) is 0.500. The van der Waals surface area contributed by atoms with Crippen molar-refractivity contribution in [2.24, 2.45) is 5.92 Å². The van der Waals surface area contributed by atoms with E-state index in [9.17, 15) is 4.79 Å². The summed E-state index contributed by atoms with van der Waals surface area (Å²) in [4.78, 5) is 12.0. The summed E-state index contributed by atoms with van der Waals surface area (Å²) in [5.74, 6) is 0.723. The first-order chi connectivity index (χ1) is 9.06. The Morgan fingerprint density at radius 3 is 2.89 bits per heavy atom. The zero-order valence-electron chi connectivity index (χ0n) is 11.2. The third-order valence-electron chi connectivity index (χ3n) is 2.99. The molecule has 1 unspecified atom stereocenters. The van der Waals surface area contributed by atoms with Crippen LogP contribution < -0.4 is 15.4 Å². The Bertz CT molecular complexity index is 457. The molecule has 1 aliphatic rings. The molecule has 1 atom stereocenters. The van der Waals surface area contributed by atoms with E-state index < -0.39 is 0 Å². The Kier molecular flexibility index (Phi) is 4.66. The van der Waals surface area contributed by atoms with Crippen LogP contribution in [0, 0.1) is 5.92 Å². The zero-order chi connectivity index (χ0) is 13.8. The summed E-state index contributed by atoms with van der Waals surface area (Å²) in [5.41, 5.74) is 0.706. The number of amides is 1. The standard InChI is InChI=1S/C14H19ClN2O2/c1-9(2)19-13-4-3-11(7-12(13)15)17-14(18)10-5-6-16-8-10/h3-4,7,9-10,16H,5-6,8H2,1-2H3,(H,17,18). The largest absolute Gasteiger partial charge is 0.489 e. The van der Waals surface area contributed by atoms with Crippen molar-refractivity contribution < 1.29 is 9.53 Å². The first kappa shape index (κ1) is 14.2. The van der Waals surface area contributed by atoms with Gasteiger partial charge in [0.25, 0.3) is 0 Å². The van der Waals surface area contributed by atoms with Gasteiger partial charge in [-0.3, -0.25) is 4.79 Å². The Morgan fingerprint density at radius 1 is 1.53 bits per heavy atom. The van der Waals surface area contributed by atoms with Crippen LogP contribution in [0.3, 0.4) is 0 Å². The predicted octanol–water partition coefficient (Wildman–Crippen LogP) is 2.68. The van der Waals surface area contributed by atoms with E-state index in [0.29, 0.717) is 16.5 Å². The van der Waals surface area contributed by atoms with Crippen molar-refractivity contribution in [3.8, 4) is 5.75 Å². The van der Waals surface area contributed by atoms with Gasteiger partial charge in [0.15, 0.2) is 0 Å². The number of carbonyl (C=O) groups is 1. The molecule has 1 saturated heterocycles. The summed E-state index contributed by atoms with van der Waals surface area (Å²) in [6.45, 7) is 5.53. The lowest BCUT2D eigenvalue weighted by Crippen LogP contribution is -2.24. The van der Waals surface area contributed by atoms with Gasteiger partial charge in [0.2, 0.25) is 5.91 Å². The van der Waals surface area contributed by atoms with Gasteiger partial charge in [0, 0.05) is 12.2 Å². The number of hydrogen-bond donors (Lipinski definition) is 2. The van der Waals surface area contributed by atoms with Crippen molar-refractivity contribution in [1.82, 2.24) is 5.32 Å². The normalized spacial score (nSPS) is 18.6. The molecule has 0 saturated carbocycles. The van der Waals surface area contributed by atoms with Crippen molar-refractivity contribution in [2.75, 3.05) is 18.4 Å². The number of hydrogen-bond acceptors (Lipinski definition) is 3.